The van der Waals surface area contributed by atoms with Gasteiger partial charge in [0.05, 0.1) is 5.52 Å². The number of hydrogen-bond donors (Lipinski definition) is 0. The first-order valence-electron chi connectivity index (χ1n) is 4.89. The molecule has 1 aromatic heterocycles. The van der Waals surface area contributed by atoms with Crippen LogP contribution in [0.5, 0.6) is 0 Å². The summed E-state index contributed by atoms with van der Waals surface area (Å²) in [6, 6.07) is 14.4. The van der Waals surface area contributed by atoms with Gasteiger partial charge in [0, 0.05) is 15.2 Å². The average molecular weight is 337 g/mol. The summed E-state index contributed by atoms with van der Waals surface area (Å²) in [5.74, 6) is 0. The highest BCUT2D eigenvalue weighted by Crippen LogP contribution is 2.30. The fourth-order valence-corrected chi connectivity index (χ4v) is 2.78. The van der Waals surface area contributed by atoms with Crippen molar-refractivity contribution in [1.29, 1.82) is 0 Å². The molecule has 0 amide bonds. The van der Waals surface area contributed by atoms with Crippen molar-refractivity contribution in [1.82, 2.24) is 4.98 Å². The third-order valence-corrected chi connectivity index (χ3v) is 3.71. The predicted molar refractivity (Wildman–Crippen MR) is 74.6 cm³/mol. The summed E-state index contributed by atoms with van der Waals surface area (Å²) in [5, 5.41) is 3.54. The Morgan fingerprint density at radius 3 is 2.38 bits per heavy atom. The van der Waals surface area contributed by atoms with Crippen LogP contribution >= 0.6 is 31.9 Å². The smallest absolute Gasteiger partial charge is 0.114 e. The molecule has 0 aliphatic heterocycles. The van der Waals surface area contributed by atoms with Gasteiger partial charge in [0.25, 0.3) is 0 Å². The van der Waals surface area contributed by atoms with E-state index < -0.39 is 0 Å². The first kappa shape index (κ1) is 10.2. The zero-order valence-electron chi connectivity index (χ0n) is 8.24. The van der Waals surface area contributed by atoms with Crippen molar-refractivity contribution >= 4 is 53.5 Å². The van der Waals surface area contributed by atoms with E-state index in [4.69, 9.17) is 0 Å². The van der Waals surface area contributed by atoms with E-state index in [1.54, 1.807) is 0 Å². The van der Waals surface area contributed by atoms with Gasteiger partial charge >= 0.3 is 0 Å². The molecule has 1 heterocycles. The van der Waals surface area contributed by atoms with E-state index in [0.29, 0.717) is 0 Å². The quantitative estimate of drug-likeness (QED) is 0.419. The van der Waals surface area contributed by atoms with Crippen LogP contribution in [0.1, 0.15) is 0 Å². The van der Waals surface area contributed by atoms with Crippen molar-refractivity contribution in [3.05, 3.63) is 51.5 Å². The van der Waals surface area contributed by atoms with Gasteiger partial charge in [-0.2, -0.15) is 0 Å². The monoisotopic (exact) mass is 335 g/mol. The standard InChI is InChI=1S/C13H7Br2N/c14-8-5-6-12-11(7-8)9-3-1-2-4-10(9)13(15)16-12/h1-7H. The maximum absolute atomic E-state index is 4.54. The number of fused-ring (bicyclic) bond motifs is 3. The summed E-state index contributed by atoms with van der Waals surface area (Å²) in [6.45, 7) is 0. The van der Waals surface area contributed by atoms with Crippen LogP contribution in [0.25, 0.3) is 21.7 Å². The third-order valence-electron chi connectivity index (χ3n) is 2.62. The molecule has 16 heavy (non-hydrogen) atoms. The molecular weight excluding hydrogens is 330 g/mol. The lowest BCUT2D eigenvalue weighted by atomic mass is 10.1. The molecule has 0 spiro atoms. The Labute approximate surface area is 110 Å². The molecule has 0 N–H and O–H groups in total. The fourth-order valence-electron chi connectivity index (χ4n) is 1.89. The van der Waals surface area contributed by atoms with E-state index in [1.165, 1.54) is 10.8 Å². The minimum atomic E-state index is 0.901. The minimum absolute atomic E-state index is 0.901. The Kier molecular flexibility index (Phi) is 2.45. The Balaban J connectivity index is 2.61. The summed E-state index contributed by atoms with van der Waals surface area (Å²) >= 11 is 7.01. The van der Waals surface area contributed by atoms with Crippen LogP contribution in [0.15, 0.2) is 51.5 Å². The van der Waals surface area contributed by atoms with Gasteiger partial charge in [0.2, 0.25) is 0 Å². The van der Waals surface area contributed by atoms with Gasteiger partial charge in [-0.15, -0.1) is 0 Å². The van der Waals surface area contributed by atoms with Crippen LogP contribution in [-0.2, 0) is 0 Å². The van der Waals surface area contributed by atoms with E-state index in [1.807, 2.05) is 18.2 Å². The molecule has 0 atom stereocenters. The van der Waals surface area contributed by atoms with Gasteiger partial charge in [-0.1, -0.05) is 40.2 Å². The van der Waals surface area contributed by atoms with E-state index in [-0.39, 0.29) is 0 Å². The van der Waals surface area contributed by atoms with E-state index in [0.717, 1.165) is 20.0 Å². The second-order valence-electron chi connectivity index (χ2n) is 3.61. The third kappa shape index (κ3) is 1.55. The van der Waals surface area contributed by atoms with E-state index in [2.05, 4.69) is 61.1 Å². The van der Waals surface area contributed by atoms with Gasteiger partial charge in [0.15, 0.2) is 0 Å². The average Bonchev–Trinajstić information content (AvgIpc) is 2.31. The van der Waals surface area contributed by atoms with Crippen molar-refractivity contribution in [2.45, 2.75) is 0 Å². The molecule has 0 unspecified atom stereocenters. The summed E-state index contributed by atoms with van der Waals surface area (Å²) in [4.78, 5) is 4.54. The molecular formula is C13H7Br2N. The van der Waals surface area contributed by atoms with Crippen molar-refractivity contribution in [2.24, 2.45) is 0 Å². The minimum Gasteiger partial charge on any atom is -0.240 e. The largest absolute Gasteiger partial charge is 0.240 e. The Morgan fingerprint density at radius 1 is 0.812 bits per heavy atom. The number of rotatable bonds is 0. The fraction of sp³-hybridized carbons (Fsp3) is 0. The van der Waals surface area contributed by atoms with Crippen LogP contribution in [0, 0.1) is 0 Å². The molecule has 3 heteroatoms. The number of benzene rings is 2. The first-order chi connectivity index (χ1) is 7.75. The van der Waals surface area contributed by atoms with E-state index >= 15 is 0 Å². The zero-order chi connectivity index (χ0) is 11.1. The lowest BCUT2D eigenvalue weighted by Crippen LogP contribution is -1.84. The lowest BCUT2D eigenvalue weighted by molar-refractivity contribution is 1.39. The second-order valence-corrected chi connectivity index (χ2v) is 5.28. The molecule has 3 rings (SSSR count). The summed E-state index contributed by atoms with van der Waals surface area (Å²) in [5.41, 5.74) is 1.01. The number of pyridine rings is 1. The summed E-state index contributed by atoms with van der Waals surface area (Å²) < 4.78 is 1.98. The first-order valence-corrected chi connectivity index (χ1v) is 6.48. The molecule has 78 valence electrons. The normalized spacial score (nSPS) is 11.1. The summed E-state index contributed by atoms with van der Waals surface area (Å²) in [7, 11) is 0. The molecule has 0 radical (unpaired) electrons. The van der Waals surface area contributed by atoms with Crippen LogP contribution < -0.4 is 0 Å². The Bertz CT molecular complexity index is 692. The molecule has 0 aliphatic carbocycles. The molecule has 0 saturated heterocycles. The van der Waals surface area contributed by atoms with Crippen LogP contribution in [0.3, 0.4) is 0 Å². The van der Waals surface area contributed by atoms with Gasteiger partial charge in [0.1, 0.15) is 4.60 Å². The van der Waals surface area contributed by atoms with Gasteiger partial charge < -0.3 is 0 Å². The molecule has 1 nitrogen and oxygen atoms in total. The molecule has 0 saturated carbocycles. The number of aromatic nitrogens is 1. The van der Waals surface area contributed by atoms with Crippen molar-refractivity contribution in [3.63, 3.8) is 0 Å². The van der Waals surface area contributed by atoms with Gasteiger partial charge in [-0.3, -0.25) is 0 Å². The highest BCUT2D eigenvalue weighted by atomic mass is 79.9. The Morgan fingerprint density at radius 2 is 1.56 bits per heavy atom. The zero-order valence-corrected chi connectivity index (χ0v) is 11.4. The van der Waals surface area contributed by atoms with Crippen LogP contribution in [0.2, 0.25) is 0 Å². The SMILES string of the molecule is Brc1ccc2nc(Br)c3ccccc3c2c1. The lowest BCUT2D eigenvalue weighted by Gasteiger charge is -2.05. The van der Waals surface area contributed by atoms with Gasteiger partial charge in [-0.05, 0) is 39.5 Å². The highest BCUT2D eigenvalue weighted by molar-refractivity contribution is 9.10. The molecule has 0 aliphatic rings. The Hall–Kier alpha value is -0.930. The number of hydrogen-bond acceptors (Lipinski definition) is 1. The molecule has 0 bridgehead atoms. The van der Waals surface area contributed by atoms with Crippen molar-refractivity contribution in [2.75, 3.05) is 0 Å². The van der Waals surface area contributed by atoms with E-state index in [9.17, 15) is 0 Å². The maximum Gasteiger partial charge on any atom is 0.114 e. The van der Waals surface area contributed by atoms with Crippen LogP contribution in [0.4, 0.5) is 0 Å². The van der Waals surface area contributed by atoms with Crippen molar-refractivity contribution in [3.8, 4) is 0 Å². The maximum atomic E-state index is 4.54. The van der Waals surface area contributed by atoms with Crippen molar-refractivity contribution < 1.29 is 0 Å². The predicted octanol–water partition coefficient (Wildman–Crippen LogP) is 4.91. The van der Waals surface area contributed by atoms with Gasteiger partial charge in [-0.25, -0.2) is 4.98 Å². The summed E-state index contributed by atoms with van der Waals surface area (Å²) in [6.07, 6.45) is 0. The highest BCUT2D eigenvalue weighted by Gasteiger charge is 2.05. The van der Waals surface area contributed by atoms with Crippen LogP contribution in [-0.4, -0.2) is 4.98 Å². The number of halogens is 2. The molecule has 0 fully saturated rings. The topological polar surface area (TPSA) is 12.9 Å². The number of nitrogens with zero attached hydrogens (tertiary/aromatic N) is 1. The molecule has 3 aromatic rings. The second kappa shape index (κ2) is 3.82. The molecule has 2 aromatic carbocycles.